The molecule has 6 nitrogen and oxygen atoms in total. The van der Waals surface area contributed by atoms with Crippen molar-refractivity contribution in [2.75, 3.05) is 5.73 Å². The summed E-state index contributed by atoms with van der Waals surface area (Å²) >= 11 is 0. The minimum absolute atomic E-state index is 0.229. The molecule has 2 heterocycles. The Hall–Kier alpha value is -2.24. The minimum Gasteiger partial charge on any atom is -0.368 e. The fraction of sp³-hybridized carbons (Fsp3) is 0.385. The maximum Gasteiger partial charge on any atom is 0.264 e. The molecule has 0 amide bonds. The number of aromatic nitrogens is 4. The second-order valence-electron chi connectivity index (χ2n) is 4.35. The molecular formula is C13H17N5O. The molecule has 6 heteroatoms. The molecule has 0 spiro atoms. The smallest absolute Gasteiger partial charge is 0.264 e. The largest absolute Gasteiger partial charge is 0.368 e. The van der Waals surface area contributed by atoms with Gasteiger partial charge in [-0.15, -0.1) is 0 Å². The van der Waals surface area contributed by atoms with Gasteiger partial charge < -0.3 is 5.73 Å². The summed E-state index contributed by atoms with van der Waals surface area (Å²) in [7, 11) is 0. The second kappa shape index (κ2) is 6.08. The highest BCUT2D eigenvalue weighted by molar-refractivity contribution is 5.60. The number of nitrogens with zero attached hydrogens (tertiary/aromatic N) is 3. The molecule has 0 unspecified atom stereocenters. The van der Waals surface area contributed by atoms with E-state index in [1.165, 1.54) is 6.07 Å². The number of nitrogens with two attached hydrogens (primary N) is 1. The molecule has 19 heavy (non-hydrogen) atoms. The first-order chi connectivity index (χ1) is 9.20. The number of aryl methyl sites for hydroxylation is 1. The van der Waals surface area contributed by atoms with Crippen LogP contribution in [0.1, 0.15) is 31.9 Å². The number of hydrogen-bond donors (Lipinski definition) is 2. The monoisotopic (exact) mass is 259 g/mol. The third kappa shape index (κ3) is 3.37. The van der Waals surface area contributed by atoms with E-state index in [4.69, 9.17) is 5.73 Å². The van der Waals surface area contributed by atoms with Crippen LogP contribution in [0.15, 0.2) is 23.1 Å². The summed E-state index contributed by atoms with van der Waals surface area (Å²) in [4.78, 5) is 19.3. The predicted molar refractivity (Wildman–Crippen MR) is 73.5 cm³/mol. The lowest BCUT2D eigenvalue weighted by molar-refractivity contribution is 0.707. The first kappa shape index (κ1) is 13.2. The highest BCUT2D eigenvalue weighted by Gasteiger charge is 2.09. The van der Waals surface area contributed by atoms with Crippen LogP contribution in [0.25, 0.3) is 11.3 Å². The SMILES string of the molecule is CCCCCc1nc(N)ncc1-c1ccc(=O)[nH]n1. The number of hydrogen-bond acceptors (Lipinski definition) is 5. The third-order valence-electron chi connectivity index (χ3n) is 2.86. The number of nitrogen functional groups attached to an aromatic ring is 1. The number of rotatable bonds is 5. The summed E-state index contributed by atoms with van der Waals surface area (Å²) in [6.45, 7) is 2.15. The van der Waals surface area contributed by atoms with E-state index < -0.39 is 0 Å². The maximum absolute atomic E-state index is 11.0. The molecule has 0 aromatic carbocycles. The predicted octanol–water partition coefficient (Wildman–Crippen LogP) is 1.54. The summed E-state index contributed by atoms with van der Waals surface area (Å²) in [5.41, 5.74) is 7.76. The lowest BCUT2D eigenvalue weighted by atomic mass is 10.1. The fourth-order valence-corrected chi connectivity index (χ4v) is 1.87. The minimum atomic E-state index is -0.229. The zero-order chi connectivity index (χ0) is 13.7. The lowest BCUT2D eigenvalue weighted by Gasteiger charge is -2.07. The summed E-state index contributed by atoms with van der Waals surface area (Å²) in [5.74, 6) is 0.264. The van der Waals surface area contributed by atoms with E-state index in [-0.39, 0.29) is 11.5 Å². The van der Waals surface area contributed by atoms with Crippen molar-refractivity contribution in [3.63, 3.8) is 0 Å². The Labute approximate surface area is 111 Å². The van der Waals surface area contributed by atoms with Crippen molar-refractivity contribution in [3.05, 3.63) is 34.4 Å². The maximum atomic E-state index is 11.0. The molecule has 0 saturated heterocycles. The van der Waals surface area contributed by atoms with Gasteiger partial charge in [-0.25, -0.2) is 15.1 Å². The summed E-state index contributed by atoms with van der Waals surface area (Å²) < 4.78 is 0. The zero-order valence-electron chi connectivity index (χ0n) is 10.9. The van der Waals surface area contributed by atoms with Crippen molar-refractivity contribution >= 4 is 5.95 Å². The summed E-state index contributed by atoms with van der Waals surface area (Å²) in [6, 6.07) is 3.10. The molecule has 2 rings (SSSR count). The average molecular weight is 259 g/mol. The first-order valence-corrected chi connectivity index (χ1v) is 6.38. The molecular weight excluding hydrogens is 242 g/mol. The van der Waals surface area contributed by atoms with E-state index in [1.54, 1.807) is 12.3 Å². The Kier molecular flexibility index (Phi) is 4.22. The molecule has 0 fully saturated rings. The molecule has 0 saturated carbocycles. The molecule has 2 aromatic rings. The van der Waals surface area contributed by atoms with Crippen LogP contribution in [0, 0.1) is 0 Å². The molecule has 3 N–H and O–H groups in total. The van der Waals surface area contributed by atoms with Crippen LogP contribution in [0.3, 0.4) is 0 Å². The number of nitrogens with one attached hydrogen (secondary N) is 1. The van der Waals surface area contributed by atoms with Gasteiger partial charge in [-0.3, -0.25) is 4.79 Å². The highest BCUT2D eigenvalue weighted by Crippen LogP contribution is 2.20. The molecule has 0 aliphatic rings. The van der Waals surface area contributed by atoms with Gasteiger partial charge in [0.25, 0.3) is 5.56 Å². The Morgan fingerprint density at radius 1 is 1.32 bits per heavy atom. The van der Waals surface area contributed by atoms with Crippen LogP contribution in [0.5, 0.6) is 0 Å². The van der Waals surface area contributed by atoms with Crippen LogP contribution in [0.2, 0.25) is 0 Å². The van der Waals surface area contributed by atoms with Crippen molar-refractivity contribution in [1.29, 1.82) is 0 Å². The van der Waals surface area contributed by atoms with Crippen LogP contribution < -0.4 is 11.3 Å². The standard InChI is InChI=1S/C13H17N5O/c1-2-3-4-5-10-9(8-15-13(14)16-10)11-6-7-12(19)18-17-11/h6-8H,2-5H2,1H3,(H,18,19)(H2,14,15,16). The van der Waals surface area contributed by atoms with Crippen molar-refractivity contribution in [1.82, 2.24) is 20.2 Å². The summed E-state index contributed by atoms with van der Waals surface area (Å²) in [6.07, 6.45) is 5.82. The molecule has 0 atom stereocenters. The van der Waals surface area contributed by atoms with Crippen LogP contribution in [-0.2, 0) is 6.42 Å². The summed E-state index contributed by atoms with van der Waals surface area (Å²) in [5, 5.41) is 6.42. The van der Waals surface area contributed by atoms with Crippen LogP contribution in [0.4, 0.5) is 5.95 Å². The number of H-pyrrole nitrogens is 1. The Morgan fingerprint density at radius 3 is 2.84 bits per heavy atom. The second-order valence-corrected chi connectivity index (χ2v) is 4.35. The van der Waals surface area contributed by atoms with Crippen molar-refractivity contribution < 1.29 is 0 Å². The van der Waals surface area contributed by atoms with E-state index in [1.807, 2.05) is 0 Å². The Bertz CT molecular complexity index is 588. The van der Waals surface area contributed by atoms with E-state index >= 15 is 0 Å². The Balaban J connectivity index is 2.33. The first-order valence-electron chi connectivity index (χ1n) is 6.38. The number of aromatic amines is 1. The Morgan fingerprint density at radius 2 is 2.16 bits per heavy atom. The average Bonchev–Trinajstić information content (AvgIpc) is 2.41. The highest BCUT2D eigenvalue weighted by atomic mass is 16.1. The normalized spacial score (nSPS) is 10.6. The third-order valence-corrected chi connectivity index (χ3v) is 2.86. The van der Waals surface area contributed by atoms with Gasteiger partial charge in [0.1, 0.15) is 0 Å². The van der Waals surface area contributed by atoms with Gasteiger partial charge in [-0.05, 0) is 18.9 Å². The van der Waals surface area contributed by atoms with E-state index in [0.29, 0.717) is 5.69 Å². The molecule has 100 valence electrons. The topological polar surface area (TPSA) is 97.5 Å². The van der Waals surface area contributed by atoms with Gasteiger partial charge in [0.15, 0.2) is 0 Å². The van der Waals surface area contributed by atoms with Gasteiger partial charge >= 0.3 is 0 Å². The van der Waals surface area contributed by atoms with Gasteiger partial charge in [-0.2, -0.15) is 5.10 Å². The fourth-order valence-electron chi connectivity index (χ4n) is 1.87. The van der Waals surface area contributed by atoms with Gasteiger partial charge in [0.05, 0.1) is 11.4 Å². The van der Waals surface area contributed by atoms with E-state index in [9.17, 15) is 4.79 Å². The van der Waals surface area contributed by atoms with Crippen molar-refractivity contribution in [2.24, 2.45) is 0 Å². The quantitative estimate of drug-likeness (QED) is 0.794. The van der Waals surface area contributed by atoms with Gasteiger partial charge in [0, 0.05) is 17.8 Å². The van der Waals surface area contributed by atoms with Crippen LogP contribution in [-0.4, -0.2) is 20.2 Å². The molecule has 0 aliphatic carbocycles. The molecule has 2 aromatic heterocycles. The van der Waals surface area contributed by atoms with Crippen molar-refractivity contribution in [2.45, 2.75) is 32.6 Å². The van der Waals surface area contributed by atoms with E-state index in [0.717, 1.165) is 36.9 Å². The van der Waals surface area contributed by atoms with Gasteiger partial charge in [-0.1, -0.05) is 19.8 Å². The van der Waals surface area contributed by atoms with Gasteiger partial charge in [0.2, 0.25) is 5.95 Å². The lowest BCUT2D eigenvalue weighted by Crippen LogP contribution is -2.08. The number of unbranched alkanes of at least 4 members (excludes halogenated alkanes) is 2. The molecule has 0 bridgehead atoms. The van der Waals surface area contributed by atoms with E-state index in [2.05, 4.69) is 27.1 Å². The van der Waals surface area contributed by atoms with Crippen molar-refractivity contribution in [3.8, 4) is 11.3 Å². The van der Waals surface area contributed by atoms with Crippen LogP contribution >= 0.6 is 0 Å². The molecule has 0 aliphatic heterocycles. The molecule has 0 radical (unpaired) electrons. The zero-order valence-corrected chi connectivity index (χ0v) is 10.9. The number of anilines is 1.